The zero-order chi connectivity index (χ0) is 16.4. The first kappa shape index (κ1) is 15.1. The summed E-state index contributed by atoms with van der Waals surface area (Å²) in [5.41, 5.74) is 2.51. The van der Waals surface area contributed by atoms with Crippen molar-refractivity contribution in [3.8, 4) is 11.8 Å². The third-order valence-corrected chi connectivity index (χ3v) is 3.71. The number of allylic oxidation sites excluding steroid dienone is 1. The second-order valence-corrected chi connectivity index (χ2v) is 5.59. The molecular weight excluding hydrogens is 312 g/mol. The molecule has 0 spiro atoms. The van der Waals surface area contributed by atoms with Crippen LogP contribution >= 0.6 is 11.6 Å². The Morgan fingerprint density at radius 3 is 2.74 bits per heavy atom. The minimum Gasteiger partial charge on any atom is -0.470 e. The predicted octanol–water partition coefficient (Wildman–Crippen LogP) is 3.76. The van der Waals surface area contributed by atoms with Crippen molar-refractivity contribution < 1.29 is 9.53 Å². The van der Waals surface area contributed by atoms with E-state index in [1.54, 1.807) is 36.4 Å². The highest BCUT2D eigenvalue weighted by Crippen LogP contribution is 2.32. The first-order valence-electron chi connectivity index (χ1n) is 7.06. The van der Waals surface area contributed by atoms with Gasteiger partial charge in [-0.25, -0.2) is 0 Å². The lowest BCUT2D eigenvalue weighted by molar-refractivity contribution is 0.104. The molecule has 2 aromatic carbocycles. The molecule has 5 heteroatoms. The number of nitriles is 1. The van der Waals surface area contributed by atoms with E-state index in [-0.39, 0.29) is 12.0 Å². The second kappa shape index (κ2) is 6.15. The van der Waals surface area contributed by atoms with Crippen LogP contribution in [0.2, 0.25) is 5.02 Å². The van der Waals surface area contributed by atoms with E-state index in [1.807, 2.05) is 19.1 Å². The molecule has 114 valence electrons. The molecule has 0 aliphatic carbocycles. The van der Waals surface area contributed by atoms with Crippen molar-refractivity contribution in [3.05, 3.63) is 70.3 Å². The highest BCUT2D eigenvalue weighted by molar-refractivity contribution is 6.30. The zero-order valence-corrected chi connectivity index (χ0v) is 13.1. The Bertz CT molecular complexity index is 835. The monoisotopic (exact) mass is 324 g/mol. The smallest absolute Gasteiger partial charge is 0.187 e. The van der Waals surface area contributed by atoms with E-state index in [0.717, 1.165) is 5.56 Å². The number of ether oxygens (including phenoxy) is 1. The third-order valence-electron chi connectivity index (χ3n) is 3.47. The van der Waals surface area contributed by atoms with E-state index in [0.29, 0.717) is 27.6 Å². The number of hydrogen-bond acceptors (Lipinski definition) is 4. The Labute approximate surface area is 139 Å². The van der Waals surface area contributed by atoms with Crippen molar-refractivity contribution in [2.75, 3.05) is 0 Å². The van der Waals surface area contributed by atoms with Gasteiger partial charge in [-0.3, -0.25) is 4.79 Å². The Morgan fingerprint density at radius 2 is 2.04 bits per heavy atom. The van der Waals surface area contributed by atoms with Crippen LogP contribution in [0.5, 0.6) is 5.75 Å². The highest BCUT2D eigenvalue weighted by Gasteiger charge is 2.21. The molecule has 0 amide bonds. The number of benzene rings is 2. The van der Waals surface area contributed by atoms with E-state index >= 15 is 0 Å². The standard InChI is InChI=1S/C18H13ClN2O2/c1-11-21-16(15-7-6-14(19)8-18(15)23-11)9-17(22)13-4-2-12(10-20)3-5-13/h2-9,11,21H,1H3/b16-9-. The number of nitrogens with zero attached hydrogens (tertiary/aromatic N) is 1. The van der Waals surface area contributed by atoms with Crippen molar-refractivity contribution in [2.24, 2.45) is 0 Å². The van der Waals surface area contributed by atoms with Crippen molar-refractivity contribution in [1.29, 1.82) is 5.26 Å². The summed E-state index contributed by atoms with van der Waals surface area (Å²) < 4.78 is 5.68. The molecule has 1 atom stereocenters. The molecule has 0 saturated heterocycles. The summed E-state index contributed by atoms with van der Waals surface area (Å²) in [5, 5.41) is 12.5. The van der Waals surface area contributed by atoms with Crippen LogP contribution in [0.1, 0.15) is 28.4 Å². The van der Waals surface area contributed by atoms with Gasteiger partial charge in [-0.05, 0) is 49.4 Å². The van der Waals surface area contributed by atoms with Crippen LogP contribution in [-0.2, 0) is 0 Å². The van der Waals surface area contributed by atoms with Gasteiger partial charge in [0, 0.05) is 22.2 Å². The molecule has 4 nitrogen and oxygen atoms in total. The van der Waals surface area contributed by atoms with Crippen LogP contribution in [0.4, 0.5) is 0 Å². The molecule has 0 aromatic heterocycles. The fourth-order valence-corrected chi connectivity index (χ4v) is 2.54. The summed E-state index contributed by atoms with van der Waals surface area (Å²) in [5.74, 6) is 0.495. The minimum absolute atomic E-state index is 0.146. The van der Waals surface area contributed by atoms with E-state index in [4.69, 9.17) is 21.6 Å². The second-order valence-electron chi connectivity index (χ2n) is 5.16. The SMILES string of the molecule is CC1N/C(=C\C(=O)c2ccc(C#N)cc2)c2ccc(Cl)cc2O1. The molecule has 0 fully saturated rings. The van der Waals surface area contributed by atoms with Gasteiger partial charge in [-0.2, -0.15) is 5.26 Å². The number of carbonyl (C=O) groups is 1. The highest BCUT2D eigenvalue weighted by atomic mass is 35.5. The van der Waals surface area contributed by atoms with Gasteiger partial charge in [0.05, 0.1) is 17.3 Å². The molecule has 23 heavy (non-hydrogen) atoms. The van der Waals surface area contributed by atoms with Crippen molar-refractivity contribution in [3.63, 3.8) is 0 Å². The average molecular weight is 325 g/mol. The van der Waals surface area contributed by atoms with Gasteiger partial charge in [0.2, 0.25) is 0 Å². The first-order chi connectivity index (χ1) is 11.1. The predicted molar refractivity (Wildman–Crippen MR) is 88.1 cm³/mol. The van der Waals surface area contributed by atoms with Gasteiger partial charge in [0.15, 0.2) is 12.0 Å². The normalized spacial score (nSPS) is 17.6. The van der Waals surface area contributed by atoms with Crippen LogP contribution in [0.3, 0.4) is 0 Å². The molecular formula is C18H13ClN2O2. The van der Waals surface area contributed by atoms with Crippen molar-refractivity contribution in [2.45, 2.75) is 13.2 Å². The van der Waals surface area contributed by atoms with Crippen LogP contribution in [0.15, 0.2) is 48.5 Å². The fraction of sp³-hybridized carbons (Fsp3) is 0.111. The Kier molecular flexibility index (Phi) is 4.05. The first-order valence-corrected chi connectivity index (χ1v) is 7.44. The maximum absolute atomic E-state index is 12.4. The van der Waals surface area contributed by atoms with E-state index in [2.05, 4.69) is 5.32 Å². The quantitative estimate of drug-likeness (QED) is 0.675. The molecule has 0 saturated carbocycles. The van der Waals surface area contributed by atoms with E-state index in [9.17, 15) is 4.79 Å². The minimum atomic E-state index is -0.263. The molecule has 3 rings (SSSR count). The fourth-order valence-electron chi connectivity index (χ4n) is 2.38. The Hall–Kier alpha value is -2.77. The van der Waals surface area contributed by atoms with Gasteiger partial charge in [0.25, 0.3) is 0 Å². The van der Waals surface area contributed by atoms with Crippen LogP contribution in [0, 0.1) is 11.3 Å². The molecule has 2 aromatic rings. The molecule has 1 N–H and O–H groups in total. The lowest BCUT2D eigenvalue weighted by Gasteiger charge is -2.27. The van der Waals surface area contributed by atoms with Gasteiger partial charge >= 0.3 is 0 Å². The van der Waals surface area contributed by atoms with Crippen LogP contribution in [0.25, 0.3) is 5.70 Å². The third kappa shape index (κ3) is 3.20. The van der Waals surface area contributed by atoms with E-state index in [1.165, 1.54) is 6.08 Å². The Morgan fingerprint density at radius 1 is 1.30 bits per heavy atom. The van der Waals surface area contributed by atoms with Gasteiger partial charge < -0.3 is 10.1 Å². The summed E-state index contributed by atoms with van der Waals surface area (Å²) >= 11 is 5.99. The number of fused-ring (bicyclic) bond motifs is 1. The largest absolute Gasteiger partial charge is 0.470 e. The number of carbonyl (C=O) groups excluding carboxylic acids is 1. The molecule has 1 heterocycles. The van der Waals surface area contributed by atoms with Crippen LogP contribution in [-0.4, -0.2) is 12.0 Å². The summed E-state index contributed by atoms with van der Waals surface area (Å²) in [6, 6.07) is 13.9. The number of nitrogens with one attached hydrogen (secondary N) is 1. The van der Waals surface area contributed by atoms with E-state index < -0.39 is 0 Å². The Balaban J connectivity index is 1.95. The van der Waals surface area contributed by atoms with Crippen molar-refractivity contribution >= 4 is 23.1 Å². The average Bonchev–Trinajstić information content (AvgIpc) is 2.54. The molecule has 1 unspecified atom stereocenters. The number of halogens is 1. The van der Waals surface area contributed by atoms with Crippen molar-refractivity contribution in [1.82, 2.24) is 5.32 Å². The summed E-state index contributed by atoms with van der Waals surface area (Å²) in [7, 11) is 0. The summed E-state index contributed by atoms with van der Waals surface area (Å²) in [6.07, 6.45) is 1.27. The van der Waals surface area contributed by atoms with Gasteiger partial charge in [-0.1, -0.05) is 11.6 Å². The zero-order valence-electron chi connectivity index (χ0n) is 12.3. The lowest BCUT2D eigenvalue weighted by atomic mass is 10.0. The summed E-state index contributed by atoms with van der Waals surface area (Å²) in [4.78, 5) is 12.4. The maximum atomic E-state index is 12.4. The lowest BCUT2D eigenvalue weighted by Crippen LogP contribution is -2.34. The maximum Gasteiger partial charge on any atom is 0.187 e. The molecule has 1 aliphatic rings. The number of hydrogen-bond donors (Lipinski definition) is 1. The molecule has 1 aliphatic heterocycles. The van der Waals surface area contributed by atoms with Crippen LogP contribution < -0.4 is 10.1 Å². The molecule has 0 bridgehead atoms. The molecule has 0 radical (unpaired) electrons. The van der Waals surface area contributed by atoms with Gasteiger partial charge in [0.1, 0.15) is 5.75 Å². The topological polar surface area (TPSA) is 62.1 Å². The summed E-state index contributed by atoms with van der Waals surface area (Å²) in [6.45, 7) is 1.85. The van der Waals surface area contributed by atoms with Gasteiger partial charge in [-0.15, -0.1) is 0 Å². The number of ketones is 1. The number of rotatable bonds is 2.